The number of nitrogens with one attached hydrogen (secondary N) is 1. The summed E-state index contributed by atoms with van der Waals surface area (Å²) in [6.07, 6.45) is 1.47. The molecule has 0 aliphatic carbocycles. The third-order valence-electron chi connectivity index (χ3n) is 5.45. The first-order valence-electron chi connectivity index (χ1n) is 10.4. The van der Waals surface area contributed by atoms with Crippen LogP contribution in [0.15, 0.2) is 85.1 Å². The molecule has 4 aromatic rings. The first kappa shape index (κ1) is 21.0. The molecule has 160 valence electrons. The summed E-state index contributed by atoms with van der Waals surface area (Å²) in [7, 11) is 3.51. The molecule has 4 rings (SSSR count). The average Bonchev–Trinajstić information content (AvgIpc) is 3.22. The van der Waals surface area contributed by atoms with Crippen LogP contribution in [0.1, 0.15) is 17.2 Å². The van der Waals surface area contributed by atoms with E-state index in [9.17, 15) is 5.11 Å². The summed E-state index contributed by atoms with van der Waals surface area (Å²) in [6.45, 7) is 0.970. The molecule has 2 atom stereocenters. The van der Waals surface area contributed by atoms with Crippen LogP contribution >= 0.6 is 0 Å². The number of hydrogen-bond donors (Lipinski definition) is 2. The molecular weight excluding hydrogens is 388 g/mol. The zero-order valence-electron chi connectivity index (χ0n) is 17.9. The number of aromatic nitrogens is 1. The molecule has 0 amide bonds. The molecule has 0 aliphatic rings. The number of benzene rings is 3. The second-order valence-electron chi connectivity index (χ2n) is 7.56. The van der Waals surface area contributed by atoms with Crippen molar-refractivity contribution in [3.8, 4) is 11.5 Å². The van der Waals surface area contributed by atoms with Crippen molar-refractivity contribution >= 4 is 10.9 Å². The number of rotatable bonds is 9. The van der Waals surface area contributed by atoms with Crippen molar-refractivity contribution in [1.82, 2.24) is 9.88 Å². The standard InChI is InChI=1S/C26H28N2O3/c1-27-17-25(29)26(20-8-4-3-5-9-20)28-14-13-21-16-23(11-12-24(21)28)31-18-19-7-6-10-22(15-19)30-2/h3-16,25-27,29H,17-18H2,1-2H3/t25-,26+/m1/s1. The zero-order valence-corrected chi connectivity index (χ0v) is 17.9. The largest absolute Gasteiger partial charge is 0.497 e. The van der Waals surface area contributed by atoms with E-state index in [0.717, 1.165) is 33.5 Å². The molecule has 0 radical (unpaired) electrons. The summed E-state index contributed by atoms with van der Waals surface area (Å²) in [5, 5.41) is 15.0. The summed E-state index contributed by atoms with van der Waals surface area (Å²) in [4.78, 5) is 0. The molecule has 0 fully saturated rings. The van der Waals surface area contributed by atoms with Gasteiger partial charge in [0.1, 0.15) is 18.1 Å². The number of methoxy groups -OCH3 is 1. The third kappa shape index (κ3) is 4.74. The van der Waals surface area contributed by atoms with E-state index in [4.69, 9.17) is 9.47 Å². The van der Waals surface area contributed by atoms with Crippen molar-refractivity contribution in [2.45, 2.75) is 18.8 Å². The van der Waals surface area contributed by atoms with Gasteiger partial charge in [-0.05, 0) is 54.6 Å². The molecule has 1 aromatic heterocycles. The summed E-state index contributed by atoms with van der Waals surface area (Å²) >= 11 is 0. The second-order valence-corrected chi connectivity index (χ2v) is 7.56. The van der Waals surface area contributed by atoms with E-state index in [1.807, 2.05) is 67.8 Å². The van der Waals surface area contributed by atoms with Gasteiger partial charge in [-0.1, -0.05) is 42.5 Å². The molecule has 2 N–H and O–H groups in total. The van der Waals surface area contributed by atoms with E-state index in [-0.39, 0.29) is 6.04 Å². The molecule has 1 heterocycles. The monoisotopic (exact) mass is 416 g/mol. The lowest BCUT2D eigenvalue weighted by Crippen LogP contribution is -2.33. The predicted octanol–water partition coefficient (Wildman–Crippen LogP) is 4.40. The van der Waals surface area contributed by atoms with E-state index in [2.05, 4.69) is 34.1 Å². The first-order valence-corrected chi connectivity index (χ1v) is 10.4. The maximum atomic E-state index is 10.9. The van der Waals surface area contributed by atoms with Crippen molar-refractivity contribution in [2.75, 3.05) is 20.7 Å². The molecule has 3 aromatic carbocycles. The van der Waals surface area contributed by atoms with Crippen LogP contribution in [0, 0.1) is 0 Å². The SMILES string of the molecule is CNC[C@@H](O)[C@H](c1ccccc1)n1ccc2cc(OCc3cccc(OC)c3)ccc21. The van der Waals surface area contributed by atoms with Crippen LogP contribution in [0.25, 0.3) is 10.9 Å². The van der Waals surface area contributed by atoms with E-state index in [1.165, 1.54) is 0 Å². The number of aliphatic hydroxyl groups is 1. The van der Waals surface area contributed by atoms with E-state index < -0.39 is 6.10 Å². The fraction of sp³-hybridized carbons (Fsp3) is 0.231. The maximum absolute atomic E-state index is 10.9. The highest BCUT2D eigenvalue weighted by atomic mass is 16.5. The molecule has 5 heteroatoms. The van der Waals surface area contributed by atoms with E-state index in [1.54, 1.807) is 7.11 Å². The normalized spacial score (nSPS) is 13.1. The highest BCUT2D eigenvalue weighted by Crippen LogP contribution is 2.30. The lowest BCUT2D eigenvalue weighted by Gasteiger charge is -2.26. The molecule has 0 spiro atoms. The van der Waals surface area contributed by atoms with Crippen LogP contribution < -0.4 is 14.8 Å². The summed E-state index contributed by atoms with van der Waals surface area (Å²) in [6, 6.07) is 25.9. The number of ether oxygens (including phenoxy) is 2. The zero-order chi connectivity index (χ0) is 21.6. The van der Waals surface area contributed by atoms with Crippen LogP contribution in [-0.4, -0.2) is 36.5 Å². The van der Waals surface area contributed by atoms with Gasteiger partial charge in [0.15, 0.2) is 0 Å². The van der Waals surface area contributed by atoms with Gasteiger partial charge in [0.05, 0.1) is 19.3 Å². The maximum Gasteiger partial charge on any atom is 0.120 e. The fourth-order valence-electron chi connectivity index (χ4n) is 3.94. The Morgan fingerprint density at radius 2 is 1.77 bits per heavy atom. The van der Waals surface area contributed by atoms with Crippen LogP contribution in [0.2, 0.25) is 0 Å². The van der Waals surface area contributed by atoms with Crippen molar-refractivity contribution in [3.63, 3.8) is 0 Å². The Morgan fingerprint density at radius 3 is 2.55 bits per heavy atom. The summed E-state index contributed by atoms with van der Waals surface area (Å²) < 4.78 is 13.4. The Morgan fingerprint density at radius 1 is 0.935 bits per heavy atom. The van der Waals surface area contributed by atoms with Gasteiger partial charge in [0.2, 0.25) is 0 Å². The van der Waals surface area contributed by atoms with Gasteiger partial charge in [-0.3, -0.25) is 0 Å². The van der Waals surface area contributed by atoms with Crippen molar-refractivity contribution in [1.29, 1.82) is 0 Å². The average molecular weight is 417 g/mol. The van der Waals surface area contributed by atoms with Gasteiger partial charge >= 0.3 is 0 Å². The molecule has 0 aliphatic heterocycles. The molecular formula is C26H28N2O3. The second kappa shape index (κ2) is 9.69. The van der Waals surface area contributed by atoms with Crippen molar-refractivity contribution in [2.24, 2.45) is 0 Å². The minimum absolute atomic E-state index is 0.185. The third-order valence-corrected chi connectivity index (χ3v) is 5.45. The Kier molecular flexibility index (Phi) is 6.55. The number of hydrogen-bond acceptors (Lipinski definition) is 4. The van der Waals surface area contributed by atoms with Crippen LogP contribution in [-0.2, 0) is 6.61 Å². The first-order chi connectivity index (χ1) is 15.2. The molecule has 0 bridgehead atoms. The fourth-order valence-corrected chi connectivity index (χ4v) is 3.94. The molecule has 31 heavy (non-hydrogen) atoms. The number of nitrogens with zero attached hydrogens (tertiary/aromatic N) is 1. The summed E-state index contributed by atoms with van der Waals surface area (Å²) in [5.74, 6) is 1.63. The van der Waals surface area contributed by atoms with Crippen LogP contribution in [0.3, 0.4) is 0 Å². The highest BCUT2D eigenvalue weighted by molar-refractivity contribution is 5.82. The molecule has 0 unspecified atom stereocenters. The lowest BCUT2D eigenvalue weighted by molar-refractivity contribution is 0.132. The lowest BCUT2D eigenvalue weighted by atomic mass is 10.0. The van der Waals surface area contributed by atoms with Gasteiger partial charge < -0.3 is 24.5 Å². The Balaban J connectivity index is 1.59. The predicted molar refractivity (Wildman–Crippen MR) is 124 cm³/mol. The van der Waals surface area contributed by atoms with E-state index in [0.29, 0.717) is 13.2 Å². The summed E-state index contributed by atoms with van der Waals surface area (Å²) in [5.41, 5.74) is 3.18. The Labute approximate surface area is 182 Å². The van der Waals surface area contributed by atoms with Gasteiger partial charge in [-0.2, -0.15) is 0 Å². The van der Waals surface area contributed by atoms with Crippen LogP contribution in [0.5, 0.6) is 11.5 Å². The topological polar surface area (TPSA) is 55.7 Å². The number of fused-ring (bicyclic) bond motifs is 1. The Bertz CT molecular complexity index is 1120. The molecule has 5 nitrogen and oxygen atoms in total. The molecule has 0 saturated heterocycles. The highest BCUT2D eigenvalue weighted by Gasteiger charge is 2.23. The molecule has 0 saturated carbocycles. The Hall–Kier alpha value is -3.28. The number of aliphatic hydroxyl groups excluding tert-OH is 1. The van der Waals surface area contributed by atoms with Crippen molar-refractivity contribution in [3.05, 3.63) is 96.2 Å². The number of likely N-dealkylation sites (N-methyl/N-ethyl adjacent to an activating group) is 1. The minimum Gasteiger partial charge on any atom is -0.497 e. The van der Waals surface area contributed by atoms with Gasteiger partial charge in [-0.15, -0.1) is 0 Å². The van der Waals surface area contributed by atoms with Gasteiger partial charge in [-0.25, -0.2) is 0 Å². The van der Waals surface area contributed by atoms with Crippen LogP contribution in [0.4, 0.5) is 0 Å². The van der Waals surface area contributed by atoms with Crippen molar-refractivity contribution < 1.29 is 14.6 Å². The van der Waals surface area contributed by atoms with Gasteiger partial charge in [0, 0.05) is 23.6 Å². The van der Waals surface area contributed by atoms with E-state index >= 15 is 0 Å². The smallest absolute Gasteiger partial charge is 0.120 e. The van der Waals surface area contributed by atoms with Gasteiger partial charge in [0.25, 0.3) is 0 Å². The minimum atomic E-state index is -0.563. The quantitative estimate of drug-likeness (QED) is 0.425.